The van der Waals surface area contributed by atoms with Crippen LogP contribution in [0.25, 0.3) is 0 Å². The van der Waals surface area contributed by atoms with Crippen molar-refractivity contribution in [1.82, 2.24) is 5.32 Å². The van der Waals surface area contributed by atoms with Gasteiger partial charge in [0.25, 0.3) is 5.91 Å². The van der Waals surface area contributed by atoms with Gasteiger partial charge in [-0.05, 0) is 43.2 Å². The zero-order valence-electron chi connectivity index (χ0n) is 12.8. The lowest BCUT2D eigenvalue weighted by Gasteiger charge is -2.17. The third kappa shape index (κ3) is 4.78. The number of amides is 1. The second-order valence-corrected chi connectivity index (χ2v) is 5.61. The van der Waals surface area contributed by atoms with Crippen molar-refractivity contribution >= 4 is 17.5 Å². The van der Waals surface area contributed by atoms with Gasteiger partial charge >= 0.3 is 0 Å². The molecule has 0 aliphatic carbocycles. The van der Waals surface area contributed by atoms with Crippen LogP contribution >= 0.6 is 11.6 Å². The second kappa shape index (κ2) is 7.85. The van der Waals surface area contributed by atoms with Crippen LogP contribution in [0.5, 0.6) is 5.75 Å². The van der Waals surface area contributed by atoms with Gasteiger partial charge in [-0.1, -0.05) is 48.4 Å². The van der Waals surface area contributed by atoms with E-state index < -0.39 is 6.10 Å². The van der Waals surface area contributed by atoms with Gasteiger partial charge in [-0.3, -0.25) is 4.79 Å². The van der Waals surface area contributed by atoms with E-state index in [2.05, 4.69) is 5.32 Å². The van der Waals surface area contributed by atoms with Gasteiger partial charge in [0.1, 0.15) is 5.75 Å². The van der Waals surface area contributed by atoms with E-state index in [1.165, 1.54) is 5.56 Å². The highest BCUT2D eigenvalue weighted by atomic mass is 35.5. The first-order chi connectivity index (χ1) is 10.6. The molecule has 1 atom stereocenters. The molecule has 0 radical (unpaired) electrons. The summed E-state index contributed by atoms with van der Waals surface area (Å²) in [5, 5.41) is 3.55. The Balaban J connectivity index is 1.91. The van der Waals surface area contributed by atoms with Gasteiger partial charge in [-0.15, -0.1) is 0 Å². The van der Waals surface area contributed by atoms with Crippen LogP contribution < -0.4 is 10.1 Å². The van der Waals surface area contributed by atoms with Gasteiger partial charge in [-0.2, -0.15) is 0 Å². The number of benzene rings is 2. The summed E-state index contributed by atoms with van der Waals surface area (Å²) in [6.07, 6.45) is 0.0918. The van der Waals surface area contributed by atoms with Crippen molar-refractivity contribution < 1.29 is 9.53 Å². The molecule has 0 heterocycles. The van der Waals surface area contributed by atoms with E-state index in [1.807, 2.05) is 38.1 Å². The first-order valence-electron chi connectivity index (χ1n) is 7.34. The lowest BCUT2D eigenvalue weighted by molar-refractivity contribution is -0.128. The van der Waals surface area contributed by atoms with E-state index in [4.69, 9.17) is 16.3 Å². The fourth-order valence-corrected chi connectivity index (χ4v) is 2.13. The molecule has 3 nitrogen and oxygen atoms in total. The third-order valence-electron chi connectivity index (χ3n) is 3.34. The molecule has 0 unspecified atom stereocenters. The normalized spacial score (nSPS) is 11.8. The van der Waals surface area contributed by atoms with Crippen LogP contribution in [-0.2, 0) is 11.3 Å². The smallest absolute Gasteiger partial charge is 0.261 e. The van der Waals surface area contributed by atoms with E-state index in [1.54, 1.807) is 24.3 Å². The van der Waals surface area contributed by atoms with E-state index in [0.717, 1.165) is 5.56 Å². The molecule has 0 aromatic heterocycles. The Morgan fingerprint density at radius 1 is 1.14 bits per heavy atom. The second-order valence-electron chi connectivity index (χ2n) is 5.17. The SMILES string of the molecule is CC[C@H](Oc1ccc(Cl)cc1)C(=O)NCc1ccc(C)cc1. The summed E-state index contributed by atoms with van der Waals surface area (Å²) in [5.74, 6) is 0.528. The fourth-order valence-electron chi connectivity index (χ4n) is 2.01. The number of aryl methyl sites for hydroxylation is 1. The Morgan fingerprint density at radius 3 is 2.36 bits per heavy atom. The number of nitrogens with one attached hydrogen (secondary N) is 1. The summed E-state index contributed by atoms with van der Waals surface area (Å²) >= 11 is 5.84. The standard InChI is InChI=1S/C18H20ClNO2/c1-3-17(22-16-10-8-15(19)9-11-16)18(21)20-12-14-6-4-13(2)5-7-14/h4-11,17H,3,12H2,1-2H3,(H,20,21)/t17-/m0/s1. The average molecular weight is 318 g/mol. The number of ether oxygens (including phenoxy) is 1. The Labute approximate surface area is 136 Å². The molecule has 0 fully saturated rings. The molecule has 0 spiro atoms. The van der Waals surface area contributed by atoms with Crippen molar-refractivity contribution in [2.24, 2.45) is 0 Å². The molecule has 2 aromatic carbocycles. The average Bonchev–Trinajstić information content (AvgIpc) is 2.53. The summed E-state index contributed by atoms with van der Waals surface area (Å²) in [7, 11) is 0. The Hall–Kier alpha value is -2.00. The number of rotatable bonds is 6. The van der Waals surface area contributed by atoms with Crippen LogP contribution in [0.15, 0.2) is 48.5 Å². The van der Waals surface area contributed by atoms with Gasteiger partial charge in [-0.25, -0.2) is 0 Å². The van der Waals surface area contributed by atoms with E-state index >= 15 is 0 Å². The first-order valence-corrected chi connectivity index (χ1v) is 7.71. The van der Waals surface area contributed by atoms with Gasteiger partial charge < -0.3 is 10.1 Å². The maximum atomic E-state index is 12.2. The first kappa shape index (κ1) is 16.4. The predicted octanol–water partition coefficient (Wildman–Crippen LogP) is 4.12. The maximum absolute atomic E-state index is 12.2. The zero-order valence-corrected chi connectivity index (χ0v) is 13.6. The molecule has 4 heteroatoms. The number of hydrogen-bond donors (Lipinski definition) is 1. The van der Waals surface area contributed by atoms with Crippen LogP contribution in [0.2, 0.25) is 5.02 Å². The van der Waals surface area contributed by atoms with Crippen LogP contribution in [0.3, 0.4) is 0 Å². The maximum Gasteiger partial charge on any atom is 0.261 e. The summed E-state index contributed by atoms with van der Waals surface area (Å²) in [6.45, 7) is 4.46. The monoisotopic (exact) mass is 317 g/mol. The number of halogens is 1. The van der Waals surface area contributed by atoms with Gasteiger partial charge in [0, 0.05) is 11.6 Å². The Bertz CT molecular complexity index is 608. The predicted molar refractivity (Wildman–Crippen MR) is 89.2 cm³/mol. The summed E-state index contributed by atoms with van der Waals surface area (Å²) in [6, 6.07) is 15.1. The molecule has 1 N–H and O–H groups in total. The highest BCUT2D eigenvalue weighted by Crippen LogP contribution is 2.17. The van der Waals surface area contributed by atoms with Gasteiger partial charge in [0.15, 0.2) is 6.10 Å². The van der Waals surface area contributed by atoms with Crippen molar-refractivity contribution in [3.63, 3.8) is 0 Å². The summed E-state index contributed by atoms with van der Waals surface area (Å²) < 4.78 is 5.72. The molecule has 0 saturated heterocycles. The lowest BCUT2D eigenvalue weighted by Crippen LogP contribution is -2.37. The van der Waals surface area contributed by atoms with Crippen molar-refractivity contribution in [1.29, 1.82) is 0 Å². The number of carbonyl (C=O) groups is 1. The van der Waals surface area contributed by atoms with Crippen molar-refractivity contribution in [3.05, 3.63) is 64.7 Å². The molecule has 1 amide bonds. The molecule has 0 aliphatic heterocycles. The minimum Gasteiger partial charge on any atom is -0.481 e. The lowest BCUT2D eigenvalue weighted by atomic mass is 10.1. The summed E-state index contributed by atoms with van der Waals surface area (Å²) in [5.41, 5.74) is 2.27. The van der Waals surface area contributed by atoms with Crippen LogP contribution in [0.4, 0.5) is 0 Å². The Kier molecular flexibility index (Phi) is 5.84. The van der Waals surface area contributed by atoms with Crippen LogP contribution in [-0.4, -0.2) is 12.0 Å². The topological polar surface area (TPSA) is 38.3 Å². The zero-order chi connectivity index (χ0) is 15.9. The fraction of sp³-hybridized carbons (Fsp3) is 0.278. The Morgan fingerprint density at radius 2 is 1.77 bits per heavy atom. The van der Waals surface area contributed by atoms with Crippen LogP contribution in [0.1, 0.15) is 24.5 Å². The summed E-state index contributed by atoms with van der Waals surface area (Å²) in [4.78, 5) is 12.2. The molecule has 0 bridgehead atoms. The van der Waals surface area contributed by atoms with Crippen molar-refractivity contribution in [2.75, 3.05) is 0 Å². The van der Waals surface area contributed by atoms with E-state index in [0.29, 0.717) is 23.7 Å². The molecule has 0 saturated carbocycles. The quantitative estimate of drug-likeness (QED) is 0.870. The van der Waals surface area contributed by atoms with Gasteiger partial charge in [0.2, 0.25) is 0 Å². The number of hydrogen-bond acceptors (Lipinski definition) is 2. The molecule has 116 valence electrons. The molecular weight excluding hydrogens is 298 g/mol. The van der Waals surface area contributed by atoms with E-state index in [9.17, 15) is 4.79 Å². The highest BCUT2D eigenvalue weighted by Gasteiger charge is 2.17. The largest absolute Gasteiger partial charge is 0.481 e. The highest BCUT2D eigenvalue weighted by molar-refractivity contribution is 6.30. The van der Waals surface area contributed by atoms with Crippen molar-refractivity contribution in [3.8, 4) is 5.75 Å². The molecule has 2 aromatic rings. The third-order valence-corrected chi connectivity index (χ3v) is 3.59. The number of carbonyl (C=O) groups excluding carboxylic acids is 1. The molecular formula is C18H20ClNO2. The van der Waals surface area contributed by atoms with Crippen LogP contribution in [0, 0.1) is 6.92 Å². The minimum atomic E-state index is -0.508. The molecule has 22 heavy (non-hydrogen) atoms. The molecule has 2 rings (SSSR count). The van der Waals surface area contributed by atoms with Crippen molar-refractivity contribution in [2.45, 2.75) is 32.9 Å². The minimum absolute atomic E-state index is 0.113. The van der Waals surface area contributed by atoms with Gasteiger partial charge in [0.05, 0.1) is 0 Å². The van der Waals surface area contributed by atoms with E-state index in [-0.39, 0.29) is 5.91 Å². The molecule has 0 aliphatic rings.